The van der Waals surface area contributed by atoms with Crippen LogP contribution in [0.5, 0.6) is 0 Å². The zero-order chi connectivity index (χ0) is 17.6. The molecule has 1 atom stereocenters. The van der Waals surface area contributed by atoms with Crippen LogP contribution >= 0.6 is 24.0 Å². The first kappa shape index (κ1) is 19.2. The zero-order valence-electron chi connectivity index (χ0n) is 14.5. The van der Waals surface area contributed by atoms with Crippen molar-refractivity contribution in [3.05, 3.63) is 70.1 Å². The van der Waals surface area contributed by atoms with Gasteiger partial charge in [-0.1, -0.05) is 29.8 Å². The number of aliphatic hydroxyl groups excluding tert-OH is 1. The Morgan fingerprint density at radius 3 is 2.77 bits per heavy atom. The van der Waals surface area contributed by atoms with E-state index < -0.39 is 6.10 Å². The fraction of sp³-hybridized carbons (Fsp3) is 0.300. The first-order valence-electron chi connectivity index (χ1n) is 8.45. The Morgan fingerprint density at radius 1 is 1.23 bits per heavy atom. The third kappa shape index (κ3) is 3.35. The van der Waals surface area contributed by atoms with E-state index in [1.54, 1.807) is 18.2 Å². The molecule has 3 nitrogen and oxygen atoms in total. The van der Waals surface area contributed by atoms with Crippen LogP contribution in [0, 0.1) is 5.82 Å². The number of aromatic nitrogens is 1. The summed E-state index contributed by atoms with van der Waals surface area (Å²) in [6.45, 7) is 2.13. The third-order valence-corrected chi connectivity index (χ3v) is 5.27. The fourth-order valence-electron chi connectivity index (χ4n) is 3.77. The molecule has 0 aliphatic carbocycles. The van der Waals surface area contributed by atoms with Gasteiger partial charge in [-0.2, -0.15) is 0 Å². The van der Waals surface area contributed by atoms with Crippen molar-refractivity contribution in [3.63, 3.8) is 0 Å². The molecule has 0 fully saturated rings. The Labute approximate surface area is 163 Å². The highest BCUT2D eigenvalue weighted by Gasteiger charge is 2.24. The van der Waals surface area contributed by atoms with E-state index in [4.69, 9.17) is 11.6 Å². The quantitative estimate of drug-likeness (QED) is 0.704. The van der Waals surface area contributed by atoms with E-state index >= 15 is 0 Å². The maximum Gasteiger partial charge on any atom is 0.129 e. The molecule has 3 aromatic rings. The second-order valence-corrected chi connectivity index (χ2v) is 7.16. The lowest BCUT2D eigenvalue weighted by Gasteiger charge is -2.25. The predicted molar refractivity (Wildman–Crippen MR) is 106 cm³/mol. The van der Waals surface area contributed by atoms with Gasteiger partial charge >= 0.3 is 0 Å². The molecule has 0 saturated carbocycles. The van der Waals surface area contributed by atoms with Crippen molar-refractivity contribution in [2.45, 2.75) is 25.6 Å². The zero-order valence-corrected chi connectivity index (χ0v) is 16.0. The van der Waals surface area contributed by atoms with Crippen LogP contribution in [0.4, 0.5) is 4.39 Å². The first-order valence-corrected chi connectivity index (χ1v) is 8.83. The number of aliphatic hydroxyl groups is 1. The van der Waals surface area contributed by atoms with Gasteiger partial charge in [0.15, 0.2) is 0 Å². The highest BCUT2D eigenvalue weighted by Crippen LogP contribution is 2.34. The van der Waals surface area contributed by atoms with Crippen molar-refractivity contribution in [2.24, 2.45) is 0 Å². The van der Waals surface area contributed by atoms with Crippen molar-refractivity contribution in [3.8, 4) is 0 Å². The Hall–Kier alpha value is -1.59. The van der Waals surface area contributed by atoms with Gasteiger partial charge in [-0.3, -0.25) is 0 Å². The SMILES string of the molecule is CN1CCc2c(n(CC(O)c3ccccc3F)c3ccc(Cl)cc23)C1.Cl. The molecule has 6 heteroatoms. The van der Waals surface area contributed by atoms with Crippen molar-refractivity contribution < 1.29 is 9.50 Å². The number of likely N-dealkylation sites (N-methyl/N-ethyl adjacent to an activating group) is 1. The van der Waals surface area contributed by atoms with E-state index in [-0.39, 0.29) is 18.2 Å². The number of nitrogens with zero attached hydrogens (tertiary/aromatic N) is 2. The monoisotopic (exact) mass is 394 g/mol. The lowest BCUT2D eigenvalue weighted by Crippen LogP contribution is -2.28. The summed E-state index contributed by atoms with van der Waals surface area (Å²) in [4.78, 5) is 2.26. The van der Waals surface area contributed by atoms with E-state index in [1.165, 1.54) is 17.3 Å². The molecule has 138 valence electrons. The first-order chi connectivity index (χ1) is 12.0. The number of hydrogen-bond acceptors (Lipinski definition) is 2. The maximum absolute atomic E-state index is 14.0. The minimum atomic E-state index is -0.899. The standard InChI is InChI=1S/C20H20ClFN2O.ClH/c1-23-9-8-14-16-10-13(21)6-7-18(16)24(19(14)11-23)12-20(25)15-4-2-3-5-17(15)22;/h2-7,10,20,25H,8-9,11-12H2,1H3;1H. The van der Waals surface area contributed by atoms with E-state index in [1.807, 2.05) is 18.2 Å². The summed E-state index contributed by atoms with van der Waals surface area (Å²) in [7, 11) is 2.09. The maximum atomic E-state index is 14.0. The number of halogens is 3. The molecule has 26 heavy (non-hydrogen) atoms. The Balaban J connectivity index is 0.00000196. The minimum absolute atomic E-state index is 0. The summed E-state index contributed by atoms with van der Waals surface area (Å²) >= 11 is 6.20. The van der Waals surface area contributed by atoms with E-state index in [9.17, 15) is 9.50 Å². The third-order valence-electron chi connectivity index (χ3n) is 5.03. The average Bonchev–Trinajstić information content (AvgIpc) is 2.87. The van der Waals surface area contributed by atoms with E-state index in [0.717, 1.165) is 30.4 Å². The summed E-state index contributed by atoms with van der Waals surface area (Å²) in [5.41, 5.74) is 3.84. The van der Waals surface area contributed by atoms with Gasteiger partial charge < -0.3 is 14.6 Å². The Bertz CT molecular complexity index is 941. The molecule has 4 rings (SSSR count). The fourth-order valence-corrected chi connectivity index (χ4v) is 3.94. The molecule has 0 bridgehead atoms. The van der Waals surface area contributed by atoms with Crippen molar-refractivity contribution in [2.75, 3.05) is 13.6 Å². The van der Waals surface area contributed by atoms with Gasteiger partial charge in [0.25, 0.3) is 0 Å². The number of hydrogen-bond donors (Lipinski definition) is 1. The molecule has 1 aliphatic rings. The molecule has 0 spiro atoms. The Morgan fingerprint density at radius 2 is 2.00 bits per heavy atom. The molecule has 1 aliphatic heterocycles. The highest BCUT2D eigenvalue weighted by atomic mass is 35.5. The highest BCUT2D eigenvalue weighted by molar-refractivity contribution is 6.31. The van der Waals surface area contributed by atoms with Gasteiger partial charge in [0, 0.05) is 40.3 Å². The van der Waals surface area contributed by atoms with Crippen molar-refractivity contribution >= 4 is 34.9 Å². The summed E-state index contributed by atoms with van der Waals surface area (Å²) < 4.78 is 16.2. The van der Waals surface area contributed by atoms with Crippen molar-refractivity contribution in [1.29, 1.82) is 0 Å². The predicted octanol–water partition coefficient (Wildman–Crippen LogP) is 4.58. The summed E-state index contributed by atoms with van der Waals surface area (Å²) in [6.07, 6.45) is 0.0506. The van der Waals surface area contributed by atoms with Gasteiger partial charge in [0.1, 0.15) is 5.82 Å². The smallest absolute Gasteiger partial charge is 0.129 e. The van der Waals surface area contributed by atoms with Crippen LogP contribution in [-0.4, -0.2) is 28.2 Å². The molecule has 0 saturated heterocycles. The molecule has 1 unspecified atom stereocenters. The molecule has 2 aromatic carbocycles. The molecule has 1 N–H and O–H groups in total. The van der Waals surface area contributed by atoms with Gasteiger partial charge in [-0.05, 0) is 43.3 Å². The van der Waals surface area contributed by atoms with Gasteiger partial charge in [0.05, 0.1) is 12.6 Å². The normalized spacial score (nSPS) is 15.5. The average molecular weight is 395 g/mol. The van der Waals surface area contributed by atoms with Crippen LogP contribution in [0.15, 0.2) is 42.5 Å². The molecule has 0 radical (unpaired) electrons. The minimum Gasteiger partial charge on any atom is -0.386 e. The topological polar surface area (TPSA) is 28.4 Å². The lowest BCUT2D eigenvalue weighted by atomic mass is 10.0. The molecule has 2 heterocycles. The molecular weight excluding hydrogens is 374 g/mol. The van der Waals surface area contributed by atoms with Crippen LogP contribution in [0.2, 0.25) is 5.02 Å². The van der Waals surface area contributed by atoms with Crippen molar-refractivity contribution in [1.82, 2.24) is 9.47 Å². The summed E-state index contributed by atoms with van der Waals surface area (Å²) in [6, 6.07) is 12.3. The number of rotatable bonds is 3. The van der Waals surface area contributed by atoms with Crippen LogP contribution in [0.3, 0.4) is 0 Å². The van der Waals surface area contributed by atoms with Gasteiger partial charge in [-0.25, -0.2) is 4.39 Å². The Kier molecular flexibility index (Phi) is 5.58. The van der Waals surface area contributed by atoms with Gasteiger partial charge in [-0.15, -0.1) is 12.4 Å². The van der Waals surface area contributed by atoms with Crippen LogP contribution in [0.1, 0.15) is 22.9 Å². The van der Waals surface area contributed by atoms with Crippen LogP contribution < -0.4 is 0 Å². The number of benzene rings is 2. The second kappa shape index (κ2) is 7.57. The molecular formula is C20H21Cl2FN2O. The van der Waals surface area contributed by atoms with E-state index in [0.29, 0.717) is 17.1 Å². The largest absolute Gasteiger partial charge is 0.386 e. The van der Waals surface area contributed by atoms with Crippen LogP contribution in [0.25, 0.3) is 10.9 Å². The van der Waals surface area contributed by atoms with Crippen LogP contribution in [-0.2, 0) is 19.5 Å². The van der Waals surface area contributed by atoms with Gasteiger partial charge in [0.2, 0.25) is 0 Å². The molecule has 0 amide bonds. The van der Waals surface area contributed by atoms with E-state index in [2.05, 4.69) is 16.5 Å². The summed E-state index contributed by atoms with van der Waals surface area (Å²) in [5.74, 6) is -0.375. The lowest BCUT2D eigenvalue weighted by molar-refractivity contribution is 0.150. The molecule has 1 aromatic heterocycles. The second-order valence-electron chi connectivity index (χ2n) is 6.72. The summed E-state index contributed by atoms with van der Waals surface area (Å²) in [5, 5.41) is 12.5. The number of fused-ring (bicyclic) bond motifs is 3.